The van der Waals surface area contributed by atoms with Crippen molar-refractivity contribution in [3.05, 3.63) is 34.7 Å². The van der Waals surface area contributed by atoms with Gasteiger partial charge in [0.2, 0.25) is 0 Å². The lowest BCUT2D eigenvalue weighted by Crippen LogP contribution is -1.82. The van der Waals surface area contributed by atoms with Gasteiger partial charge in [0.05, 0.1) is 10.3 Å². The molecule has 0 fully saturated rings. The fourth-order valence-corrected chi connectivity index (χ4v) is 1.54. The quantitative estimate of drug-likeness (QED) is 0.655. The van der Waals surface area contributed by atoms with Gasteiger partial charge >= 0.3 is 0 Å². The summed E-state index contributed by atoms with van der Waals surface area (Å²) < 4.78 is 3.05. The Morgan fingerprint density at radius 3 is 2.83 bits per heavy atom. The standard InChI is InChI=1S/C8H7BrN2.ClH/c1-6-5-11-7(9)3-2-4-8(11)10-6;/h2-5H,1H3;1H. The topological polar surface area (TPSA) is 17.3 Å². The number of halogens is 2. The van der Waals surface area contributed by atoms with E-state index >= 15 is 0 Å². The summed E-state index contributed by atoms with van der Waals surface area (Å²) in [5.41, 5.74) is 2.02. The Kier molecular flexibility index (Phi) is 2.75. The Morgan fingerprint density at radius 1 is 1.42 bits per heavy atom. The number of fused-ring (bicyclic) bond motifs is 1. The van der Waals surface area contributed by atoms with E-state index in [1.54, 1.807) is 0 Å². The molecule has 2 aromatic rings. The molecule has 0 aromatic carbocycles. The van der Waals surface area contributed by atoms with Crippen LogP contribution in [0.3, 0.4) is 0 Å². The Labute approximate surface area is 85.2 Å². The third-order valence-corrected chi connectivity index (χ3v) is 2.21. The van der Waals surface area contributed by atoms with Crippen LogP contribution in [0.1, 0.15) is 5.69 Å². The van der Waals surface area contributed by atoms with Gasteiger partial charge in [-0.25, -0.2) is 4.98 Å². The predicted octanol–water partition coefficient (Wildman–Crippen LogP) is 2.83. The number of pyridine rings is 1. The number of imidazole rings is 1. The number of nitrogens with zero attached hydrogens (tertiary/aromatic N) is 2. The Morgan fingerprint density at radius 2 is 2.17 bits per heavy atom. The van der Waals surface area contributed by atoms with E-state index in [9.17, 15) is 0 Å². The van der Waals surface area contributed by atoms with Crippen molar-refractivity contribution in [3.63, 3.8) is 0 Å². The molecule has 2 heterocycles. The molecular formula is C8H8BrClN2. The number of rotatable bonds is 0. The van der Waals surface area contributed by atoms with Crippen LogP contribution in [0, 0.1) is 6.92 Å². The molecule has 2 rings (SSSR count). The first-order chi connectivity index (χ1) is 5.27. The van der Waals surface area contributed by atoms with Crippen LogP contribution < -0.4 is 0 Å². The lowest BCUT2D eigenvalue weighted by Gasteiger charge is -1.93. The highest BCUT2D eigenvalue weighted by Crippen LogP contribution is 2.13. The monoisotopic (exact) mass is 246 g/mol. The van der Waals surface area contributed by atoms with Crippen molar-refractivity contribution in [1.82, 2.24) is 9.38 Å². The lowest BCUT2D eigenvalue weighted by molar-refractivity contribution is 1.14. The molecule has 4 heteroatoms. The van der Waals surface area contributed by atoms with E-state index in [4.69, 9.17) is 0 Å². The van der Waals surface area contributed by atoms with Gasteiger partial charge < -0.3 is 0 Å². The average molecular weight is 248 g/mol. The number of hydrogen-bond donors (Lipinski definition) is 0. The van der Waals surface area contributed by atoms with E-state index in [0.717, 1.165) is 15.9 Å². The van der Waals surface area contributed by atoms with Gasteiger partial charge in [-0.15, -0.1) is 12.4 Å². The van der Waals surface area contributed by atoms with Crippen molar-refractivity contribution < 1.29 is 0 Å². The van der Waals surface area contributed by atoms with Crippen LogP contribution in [0.25, 0.3) is 5.65 Å². The molecule has 0 N–H and O–H groups in total. The zero-order valence-corrected chi connectivity index (χ0v) is 8.89. The van der Waals surface area contributed by atoms with Crippen LogP contribution >= 0.6 is 28.3 Å². The van der Waals surface area contributed by atoms with Crippen LogP contribution in [-0.2, 0) is 0 Å². The largest absolute Gasteiger partial charge is 0.294 e. The van der Waals surface area contributed by atoms with Gasteiger partial charge in [0.15, 0.2) is 0 Å². The summed E-state index contributed by atoms with van der Waals surface area (Å²) in [4.78, 5) is 4.31. The van der Waals surface area contributed by atoms with Crippen LogP contribution in [0.5, 0.6) is 0 Å². The van der Waals surface area contributed by atoms with E-state index in [1.165, 1.54) is 0 Å². The first-order valence-corrected chi connectivity index (χ1v) is 4.17. The van der Waals surface area contributed by atoms with E-state index in [1.807, 2.05) is 35.7 Å². The van der Waals surface area contributed by atoms with Gasteiger partial charge in [-0.1, -0.05) is 6.07 Å². The molecular weight excluding hydrogens is 239 g/mol. The smallest absolute Gasteiger partial charge is 0.137 e. The number of aryl methyl sites for hydroxylation is 1. The van der Waals surface area contributed by atoms with Crippen LogP contribution in [0.15, 0.2) is 29.0 Å². The fraction of sp³-hybridized carbons (Fsp3) is 0.125. The predicted molar refractivity (Wildman–Crippen MR) is 54.9 cm³/mol. The summed E-state index contributed by atoms with van der Waals surface area (Å²) >= 11 is 3.43. The Hall–Kier alpha value is -0.540. The molecule has 2 nitrogen and oxygen atoms in total. The molecule has 2 aromatic heterocycles. The van der Waals surface area contributed by atoms with Crippen molar-refractivity contribution >= 4 is 34.0 Å². The molecule has 0 spiro atoms. The molecule has 0 atom stereocenters. The molecule has 0 amide bonds. The zero-order valence-electron chi connectivity index (χ0n) is 6.49. The Balaban J connectivity index is 0.000000720. The van der Waals surface area contributed by atoms with Crippen LogP contribution in [0.4, 0.5) is 0 Å². The minimum atomic E-state index is 0. The number of hydrogen-bond acceptors (Lipinski definition) is 1. The highest BCUT2D eigenvalue weighted by atomic mass is 79.9. The second-order valence-corrected chi connectivity index (χ2v) is 3.27. The van der Waals surface area contributed by atoms with E-state index < -0.39 is 0 Å². The zero-order chi connectivity index (χ0) is 7.84. The van der Waals surface area contributed by atoms with Crippen molar-refractivity contribution in [2.24, 2.45) is 0 Å². The third kappa shape index (κ3) is 1.47. The van der Waals surface area contributed by atoms with Gasteiger partial charge in [-0.3, -0.25) is 4.40 Å². The minimum absolute atomic E-state index is 0. The minimum Gasteiger partial charge on any atom is -0.294 e. The fourth-order valence-electron chi connectivity index (χ4n) is 1.10. The van der Waals surface area contributed by atoms with Gasteiger partial charge in [0.25, 0.3) is 0 Å². The Bertz CT molecular complexity index is 397. The average Bonchev–Trinajstić information content (AvgIpc) is 2.31. The normalized spacial score (nSPS) is 9.83. The molecule has 0 aliphatic rings. The van der Waals surface area contributed by atoms with Crippen molar-refractivity contribution in [1.29, 1.82) is 0 Å². The van der Waals surface area contributed by atoms with Crippen molar-refractivity contribution in [3.8, 4) is 0 Å². The second kappa shape index (κ2) is 3.46. The summed E-state index contributed by atoms with van der Waals surface area (Å²) in [5.74, 6) is 0. The molecule has 0 unspecified atom stereocenters. The highest BCUT2D eigenvalue weighted by Gasteiger charge is 1.97. The van der Waals surface area contributed by atoms with Crippen LogP contribution in [-0.4, -0.2) is 9.38 Å². The molecule has 12 heavy (non-hydrogen) atoms. The van der Waals surface area contributed by atoms with E-state index in [-0.39, 0.29) is 12.4 Å². The first-order valence-electron chi connectivity index (χ1n) is 3.37. The molecule has 0 aliphatic heterocycles. The SMILES string of the molecule is Cc1cn2c(Br)cccc2n1.Cl. The van der Waals surface area contributed by atoms with Gasteiger partial charge in [-0.2, -0.15) is 0 Å². The summed E-state index contributed by atoms with van der Waals surface area (Å²) in [5, 5.41) is 0. The molecule has 0 bridgehead atoms. The third-order valence-electron chi connectivity index (χ3n) is 1.56. The summed E-state index contributed by atoms with van der Waals surface area (Å²) in [6.45, 7) is 1.99. The highest BCUT2D eigenvalue weighted by molar-refractivity contribution is 9.10. The first kappa shape index (κ1) is 9.55. The molecule has 64 valence electrons. The maximum absolute atomic E-state index is 4.31. The van der Waals surface area contributed by atoms with Gasteiger partial charge in [0, 0.05) is 6.20 Å². The van der Waals surface area contributed by atoms with Gasteiger partial charge in [-0.05, 0) is 35.0 Å². The molecule has 0 saturated heterocycles. The summed E-state index contributed by atoms with van der Waals surface area (Å²) in [6.07, 6.45) is 2.00. The van der Waals surface area contributed by atoms with E-state index in [0.29, 0.717) is 0 Å². The number of aromatic nitrogens is 2. The summed E-state index contributed by atoms with van der Waals surface area (Å²) in [7, 11) is 0. The van der Waals surface area contributed by atoms with Gasteiger partial charge in [0.1, 0.15) is 5.65 Å². The lowest BCUT2D eigenvalue weighted by atomic mass is 10.5. The van der Waals surface area contributed by atoms with Crippen molar-refractivity contribution in [2.75, 3.05) is 0 Å². The molecule has 0 saturated carbocycles. The van der Waals surface area contributed by atoms with Crippen LogP contribution in [0.2, 0.25) is 0 Å². The van der Waals surface area contributed by atoms with E-state index in [2.05, 4.69) is 20.9 Å². The summed E-state index contributed by atoms with van der Waals surface area (Å²) in [6, 6.07) is 5.96. The maximum Gasteiger partial charge on any atom is 0.137 e. The second-order valence-electron chi connectivity index (χ2n) is 2.46. The van der Waals surface area contributed by atoms with Crippen molar-refractivity contribution in [2.45, 2.75) is 6.92 Å². The maximum atomic E-state index is 4.31. The molecule has 0 aliphatic carbocycles. The molecule has 0 radical (unpaired) electrons.